The zero-order chi connectivity index (χ0) is 15.1. The van der Waals surface area contributed by atoms with Crippen LogP contribution in [0, 0.1) is 0 Å². The first-order valence-corrected chi connectivity index (χ1v) is 7.53. The van der Waals surface area contributed by atoms with E-state index in [1.807, 2.05) is 0 Å². The van der Waals surface area contributed by atoms with Crippen LogP contribution in [0.5, 0.6) is 0 Å². The highest BCUT2D eigenvalue weighted by atomic mass is 16.4. The molecule has 3 heteroatoms. The molecule has 0 heterocycles. The molecule has 112 valence electrons. The summed E-state index contributed by atoms with van der Waals surface area (Å²) in [6.45, 7) is 1.96. The zero-order valence-electron chi connectivity index (χ0n) is 12.6. The topological polar surface area (TPSA) is 40.5 Å². The number of hydrogen-bond acceptors (Lipinski definition) is 2. The van der Waals surface area contributed by atoms with Crippen LogP contribution in [0.4, 0.5) is 0 Å². The Morgan fingerprint density at radius 1 is 1.05 bits per heavy atom. The minimum Gasteiger partial charge on any atom is -0.481 e. The van der Waals surface area contributed by atoms with Gasteiger partial charge in [-0.15, -0.1) is 0 Å². The number of rotatable bonds is 8. The average molecular weight is 285 g/mol. The molecule has 0 aliphatic rings. The van der Waals surface area contributed by atoms with Crippen LogP contribution in [0.1, 0.15) is 24.8 Å². The fourth-order valence-corrected chi connectivity index (χ4v) is 2.48. The van der Waals surface area contributed by atoms with Gasteiger partial charge >= 0.3 is 5.97 Å². The standard InChI is InChI=1S/C18H23NO2/c1-19(12-5-4-8-18(20)21)13-11-15-9-10-16-6-2-3-7-17(16)14-15/h2-3,6-7,9-10,14H,4-5,8,11-13H2,1H3,(H,20,21). The summed E-state index contributed by atoms with van der Waals surface area (Å²) in [5, 5.41) is 11.2. The summed E-state index contributed by atoms with van der Waals surface area (Å²) >= 11 is 0. The van der Waals surface area contributed by atoms with E-state index in [4.69, 9.17) is 5.11 Å². The summed E-state index contributed by atoms with van der Waals surface area (Å²) in [7, 11) is 2.10. The first-order valence-electron chi connectivity index (χ1n) is 7.53. The fraction of sp³-hybridized carbons (Fsp3) is 0.389. The summed E-state index contributed by atoms with van der Waals surface area (Å²) in [6, 6.07) is 15.0. The fourth-order valence-electron chi connectivity index (χ4n) is 2.48. The van der Waals surface area contributed by atoms with E-state index < -0.39 is 5.97 Å². The van der Waals surface area contributed by atoms with E-state index in [0.717, 1.165) is 32.4 Å². The highest BCUT2D eigenvalue weighted by molar-refractivity contribution is 5.82. The normalized spacial score (nSPS) is 11.1. The van der Waals surface area contributed by atoms with Gasteiger partial charge in [-0.3, -0.25) is 4.79 Å². The molecule has 0 aliphatic carbocycles. The summed E-state index contributed by atoms with van der Waals surface area (Å²) in [6.07, 6.45) is 3.01. The van der Waals surface area contributed by atoms with Crippen molar-refractivity contribution >= 4 is 16.7 Å². The number of unbranched alkanes of at least 4 members (excludes halogenated alkanes) is 1. The maximum Gasteiger partial charge on any atom is 0.303 e. The number of fused-ring (bicyclic) bond motifs is 1. The quantitative estimate of drug-likeness (QED) is 0.754. The molecule has 2 rings (SSSR count). The Morgan fingerprint density at radius 3 is 2.57 bits per heavy atom. The van der Waals surface area contributed by atoms with Crippen LogP contribution in [-0.2, 0) is 11.2 Å². The van der Waals surface area contributed by atoms with E-state index in [2.05, 4.69) is 54.4 Å². The van der Waals surface area contributed by atoms with Crippen molar-refractivity contribution < 1.29 is 9.90 Å². The summed E-state index contributed by atoms with van der Waals surface area (Å²) in [5.41, 5.74) is 1.35. The second kappa shape index (κ2) is 7.79. The Morgan fingerprint density at radius 2 is 1.81 bits per heavy atom. The lowest BCUT2D eigenvalue weighted by Crippen LogP contribution is -2.22. The lowest BCUT2D eigenvalue weighted by atomic mass is 10.1. The van der Waals surface area contributed by atoms with Gasteiger partial charge in [0, 0.05) is 13.0 Å². The molecule has 0 aliphatic heterocycles. The molecule has 0 atom stereocenters. The van der Waals surface area contributed by atoms with Crippen molar-refractivity contribution in [2.75, 3.05) is 20.1 Å². The molecule has 0 unspecified atom stereocenters. The Kier molecular flexibility index (Phi) is 5.76. The molecule has 21 heavy (non-hydrogen) atoms. The predicted octanol–water partition coefficient (Wildman–Crippen LogP) is 3.57. The van der Waals surface area contributed by atoms with E-state index in [1.54, 1.807) is 0 Å². The number of benzene rings is 2. The van der Waals surface area contributed by atoms with Gasteiger partial charge in [0.2, 0.25) is 0 Å². The molecule has 0 aromatic heterocycles. The number of carbonyl (C=O) groups is 1. The number of nitrogens with zero attached hydrogens (tertiary/aromatic N) is 1. The van der Waals surface area contributed by atoms with Crippen molar-refractivity contribution in [2.24, 2.45) is 0 Å². The molecular formula is C18H23NO2. The predicted molar refractivity (Wildman–Crippen MR) is 86.6 cm³/mol. The van der Waals surface area contributed by atoms with Gasteiger partial charge in [-0.25, -0.2) is 0 Å². The average Bonchev–Trinajstić information content (AvgIpc) is 2.49. The zero-order valence-corrected chi connectivity index (χ0v) is 12.6. The molecule has 1 N–H and O–H groups in total. The number of carboxylic acid groups (broad SMARTS) is 1. The van der Waals surface area contributed by atoms with Gasteiger partial charge in [-0.05, 0) is 49.2 Å². The van der Waals surface area contributed by atoms with E-state index in [1.165, 1.54) is 16.3 Å². The first-order chi connectivity index (χ1) is 10.1. The third kappa shape index (κ3) is 5.20. The number of aliphatic carboxylic acids is 1. The molecule has 2 aromatic carbocycles. The molecule has 0 saturated heterocycles. The molecule has 0 fully saturated rings. The molecule has 0 radical (unpaired) electrons. The summed E-state index contributed by atoms with van der Waals surface area (Å²) in [4.78, 5) is 12.7. The van der Waals surface area contributed by atoms with Crippen LogP contribution in [-0.4, -0.2) is 36.1 Å². The van der Waals surface area contributed by atoms with Gasteiger partial charge < -0.3 is 10.0 Å². The largest absolute Gasteiger partial charge is 0.481 e. The number of likely N-dealkylation sites (N-methyl/N-ethyl adjacent to an activating group) is 1. The Labute approximate surface area is 126 Å². The summed E-state index contributed by atoms with van der Waals surface area (Å²) in [5.74, 6) is -0.700. The highest BCUT2D eigenvalue weighted by Crippen LogP contribution is 2.16. The van der Waals surface area contributed by atoms with Crippen LogP contribution in [0.3, 0.4) is 0 Å². The van der Waals surface area contributed by atoms with Gasteiger partial charge in [0.15, 0.2) is 0 Å². The second-order valence-electron chi connectivity index (χ2n) is 5.59. The van der Waals surface area contributed by atoms with E-state index in [9.17, 15) is 4.79 Å². The van der Waals surface area contributed by atoms with E-state index in [-0.39, 0.29) is 6.42 Å². The van der Waals surface area contributed by atoms with Crippen molar-refractivity contribution in [1.82, 2.24) is 4.90 Å². The molecule has 0 amide bonds. The first kappa shape index (κ1) is 15.5. The van der Waals surface area contributed by atoms with E-state index >= 15 is 0 Å². The number of hydrogen-bond donors (Lipinski definition) is 1. The van der Waals surface area contributed by atoms with Crippen molar-refractivity contribution in [2.45, 2.75) is 25.7 Å². The van der Waals surface area contributed by atoms with Crippen LogP contribution >= 0.6 is 0 Å². The molecular weight excluding hydrogens is 262 g/mol. The lowest BCUT2D eigenvalue weighted by Gasteiger charge is -2.16. The van der Waals surface area contributed by atoms with Crippen LogP contribution in [0.2, 0.25) is 0 Å². The summed E-state index contributed by atoms with van der Waals surface area (Å²) < 4.78 is 0. The minimum atomic E-state index is -0.700. The third-order valence-corrected chi connectivity index (χ3v) is 3.78. The van der Waals surface area contributed by atoms with E-state index in [0.29, 0.717) is 0 Å². The molecule has 0 bridgehead atoms. The maximum atomic E-state index is 10.4. The maximum absolute atomic E-state index is 10.4. The van der Waals surface area contributed by atoms with Crippen molar-refractivity contribution in [3.05, 3.63) is 48.0 Å². The van der Waals surface area contributed by atoms with Gasteiger partial charge in [0.25, 0.3) is 0 Å². The Hall–Kier alpha value is -1.87. The Balaban J connectivity index is 1.77. The van der Waals surface area contributed by atoms with Crippen LogP contribution in [0.15, 0.2) is 42.5 Å². The van der Waals surface area contributed by atoms with Crippen LogP contribution < -0.4 is 0 Å². The second-order valence-corrected chi connectivity index (χ2v) is 5.59. The van der Waals surface area contributed by atoms with Gasteiger partial charge in [0.05, 0.1) is 0 Å². The van der Waals surface area contributed by atoms with Crippen molar-refractivity contribution in [1.29, 1.82) is 0 Å². The molecule has 0 spiro atoms. The SMILES string of the molecule is CN(CCCCC(=O)O)CCc1ccc2ccccc2c1. The number of carboxylic acids is 1. The highest BCUT2D eigenvalue weighted by Gasteiger charge is 2.02. The van der Waals surface area contributed by atoms with Gasteiger partial charge in [-0.1, -0.05) is 42.5 Å². The third-order valence-electron chi connectivity index (χ3n) is 3.78. The van der Waals surface area contributed by atoms with Gasteiger partial charge in [0.1, 0.15) is 0 Å². The molecule has 3 nitrogen and oxygen atoms in total. The smallest absolute Gasteiger partial charge is 0.303 e. The Bertz CT molecular complexity index is 595. The molecule has 0 saturated carbocycles. The van der Waals surface area contributed by atoms with Crippen LogP contribution in [0.25, 0.3) is 10.8 Å². The lowest BCUT2D eigenvalue weighted by molar-refractivity contribution is -0.137. The van der Waals surface area contributed by atoms with Gasteiger partial charge in [-0.2, -0.15) is 0 Å². The van der Waals surface area contributed by atoms with Crippen molar-refractivity contribution in [3.8, 4) is 0 Å². The minimum absolute atomic E-state index is 0.276. The van der Waals surface area contributed by atoms with Crippen molar-refractivity contribution in [3.63, 3.8) is 0 Å². The molecule has 2 aromatic rings. The monoisotopic (exact) mass is 285 g/mol.